The van der Waals surface area contributed by atoms with Crippen LogP contribution in [0.1, 0.15) is 5.69 Å². The van der Waals surface area contributed by atoms with Crippen LogP contribution >= 0.6 is 0 Å². The molecule has 0 atom stereocenters. The summed E-state index contributed by atoms with van der Waals surface area (Å²) in [5.41, 5.74) is 10.4. The number of aromatic nitrogens is 1. The minimum Gasteiger partial charge on any atom is -0.397 e. The maximum Gasteiger partial charge on any atom is 0.130 e. The Balaban J connectivity index is 1.70. The summed E-state index contributed by atoms with van der Waals surface area (Å²) in [6.07, 6.45) is 0. The van der Waals surface area contributed by atoms with Gasteiger partial charge < -0.3 is 16.4 Å². The monoisotopic (exact) mass is 290 g/mol. The van der Waals surface area contributed by atoms with Gasteiger partial charge in [0, 0.05) is 17.1 Å². The summed E-state index contributed by atoms with van der Waals surface area (Å²) in [5, 5.41) is 6.62. The largest absolute Gasteiger partial charge is 0.397 e. The van der Waals surface area contributed by atoms with E-state index in [0.29, 0.717) is 5.69 Å². The molecule has 1 heterocycles. The predicted octanol–water partition coefficient (Wildman–Crippen LogP) is 4.46. The van der Waals surface area contributed by atoms with Crippen molar-refractivity contribution in [3.05, 3.63) is 72.4 Å². The van der Waals surface area contributed by atoms with Gasteiger partial charge in [-0.05, 0) is 55.5 Å². The van der Waals surface area contributed by atoms with E-state index in [2.05, 4.69) is 15.6 Å². The van der Waals surface area contributed by atoms with Crippen molar-refractivity contribution in [3.63, 3.8) is 0 Å². The van der Waals surface area contributed by atoms with Crippen molar-refractivity contribution in [1.82, 2.24) is 4.98 Å². The van der Waals surface area contributed by atoms with Crippen LogP contribution < -0.4 is 16.4 Å². The van der Waals surface area contributed by atoms with Gasteiger partial charge in [0.1, 0.15) is 5.82 Å². The minimum absolute atomic E-state index is 0.702. The summed E-state index contributed by atoms with van der Waals surface area (Å²) < 4.78 is 0. The summed E-state index contributed by atoms with van der Waals surface area (Å²) in [5.74, 6) is 0.787. The molecule has 0 saturated heterocycles. The first-order valence-corrected chi connectivity index (χ1v) is 7.13. The zero-order chi connectivity index (χ0) is 15.4. The van der Waals surface area contributed by atoms with Gasteiger partial charge in [0.25, 0.3) is 0 Å². The van der Waals surface area contributed by atoms with E-state index in [1.807, 2.05) is 73.7 Å². The number of aryl methyl sites for hydroxylation is 1. The molecular formula is C18H18N4. The van der Waals surface area contributed by atoms with Crippen molar-refractivity contribution in [2.24, 2.45) is 0 Å². The number of para-hydroxylation sites is 1. The zero-order valence-corrected chi connectivity index (χ0v) is 12.4. The van der Waals surface area contributed by atoms with Crippen LogP contribution in [0, 0.1) is 6.92 Å². The number of pyridine rings is 1. The molecule has 3 aromatic rings. The second-order valence-electron chi connectivity index (χ2n) is 5.06. The third kappa shape index (κ3) is 3.35. The number of rotatable bonds is 4. The Morgan fingerprint density at radius 1 is 0.727 bits per heavy atom. The Morgan fingerprint density at radius 2 is 1.32 bits per heavy atom. The Labute approximate surface area is 130 Å². The molecule has 0 aliphatic carbocycles. The fourth-order valence-corrected chi connectivity index (χ4v) is 2.11. The highest BCUT2D eigenvalue weighted by Crippen LogP contribution is 2.21. The Bertz CT molecular complexity index is 752. The molecule has 110 valence electrons. The highest BCUT2D eigenvalue weighted by molar-refractivity contribution is 5.65. The first-order valence-electron chi connectivity index (χ1n) is 7.13. The van der Waals surface area contributed by atoms with Crippen LogP contribution in [0.3, 0.4) is 0 Å². The second kappa shape index (κ2) is 6.18. The van der Waals surface area contributed by atoms with Crippen LogP contribution in [0.2, 0.25) is 0 Å². The predicted molar refractivity (Wildman–Crippen MR) is 92.8 cm³/mol. The molecule has 0 spiro atoms. The molecule has 4 nitrogen and oxygen atoms in total. The molecule has 0 radical (unpaired) electrons. The van der Waals surface area contributed by atoms with Crippen molar-refractivity contribution in [3.8, 4) is 0 Å². The number of nitrogens with one attached hydrogen (secondary N) is 2. The van der Waals surface area contributed by atoms with E-state index < -0.39 is 0 Å². The van der Waals surface area contributed by atoms with Crippen molar-refractivity contribution in [2.45, 2.75) is 6.92 Å². The van der Waals surface area contributed by atoms with Crippen molar-refractivity contribution in [2.75, 3.05) is 16.4 Å². The Morgan fingerprint density at radius 3 is 1.95 bits per heavy atom. The Kier molecular flexibility index (Phi) is 3.92. The fourth-order valence-electron chi connectivity index (χ4n) is 2.11. The molecule has 3 rings (SSSR count). The smallest absolute Gasteiger partial charge is 0.130 e. The molecule has 0 unspecified atom stereocenters. The number of benzene rings is 2. The van der Waals surface area contributed by atoms with Gasteiger partial charge in [-0.25, -0.2) is 4.98 Å². The molecule has 0 fully saturated rings. The van der Waals surface area contributed by atoms with E-state index in [9.17, 15) is 0 Å². The van der Waals surface area contributed by atoms with Crippen molar-refractivity contribution >= 4 is 28.6 Å². The first-order chi connectivity index (χ1) is 10.7. The molecule has 0 aliphatic rings. The molecule has 0 aliphatic heterocycles. The summed E-state index contributed by atoms with van der Waals surface area (Å²) in [6.45, 7) is 1.90. The first kappa shape index (κ1) is 13.9. The number of anilines is 5. The van der Waals surface area contributed by atoms with Crippen LogP contribution in [-0.4, -0.2) is 4.98 Å². The lowest BCUT2D eigenvalue weighted by molar-refractivity contribution is 1.20. The van der Waals surface area contributed by atoms with E-state index in [-0.39, 0.29) is 0 Å². The lowest BCUT2D eigenvalue weighted by Crippen LogP contribution is -1.98. The van der Waals surface area contributed by atoms with E-state index in [1.165, 1.54) is 0 Å². The average molecular weight is 290 g/mol. The third-order valence-electron chi connectivity index (χ3n) is 3.35. The maximum atomic E-state index is 5.78. The molecule has 4 heteroatoms. The maximum absolute atomic E-state index is 5.78. The van der Waals surface area contributed by atoms with Crippen LogP contribution in [-0.2, 0) is 0 Å². The summed E-state index contributed by atoms with van der Waals surface area (Å²) in [6, 6.07) is 21.9. The second-order valence-corrected chi connectivity index (χ2v) is 5.06. The molecule has 22 heavy (non-hydrogen) atoms. The van der Waals surface area contributed by atoms with Gasteiger partial charge in [-0.15, -0.1) is 0 Å². The third-order valence-corrected chi connectivity index (χ3v) is 3.35. The SMILES string of the molecule is Cc1nc(Nc2ccc(Nc3ccccc3)cc2)ccc1N. The van der Waals surface area contributed by atoms with Gasteiger partial charge in [0.05, 0.1) is 11.4 Å². The highest BCUT2D eigenvalue weighted by Gasteiger charge is 2.00. The highest BCUT2D eigenvalue weighted by atomic mass is 15.0. The van der Waals surface area contributed by atoms with E-state index >= 15 is 0 Å². The van der Waals surface area contributed by atoms with E-state index in [0.717, 1.165) is 28.6 Å². The lowest BCUT2D eigenvalue weighted by Gasteiger charge is -2.10. The summed E-state index contributed by atoms with van der Waals surface area (Å²) >= 11 is 0. The van der Waals surface area contributed by atoms with Crippen LogP contribution in [0.4, 0.5) is 28.6 Å². The molecule has 0 saturated carbocycles. The number of nitrogens with two attached hydrogens (primary N) is 1. The topological polar surface area (TPSA) is 63.0 Å². The number of nitrogens with zero attached hydrogens (tertiary/aromatic N) is 1. The molecule has 2 aromatic carbocycles. The summed E-state index contributed by atoms with van der Waals surface area (Å²) in [4.78, 5) is 4.41. The standard InChI is InChI=1S/C18H18N4/c1-13-17(19)11-12-18(20-13)22-16-9-7-15(8-10-16)21-14-5-3-2-4-6-14/h2-12,21H,19H2,1H3,(H,20,22). The van der Waals surface area contributed by atoms with Crippen LogP contribution in [0.15, 0.2) is 66.7 Å². The number of hydrogen-bond donors (Lipinski definition) is 3. The summed E-state index contributed by atoms with van der Waals surface area (Å²) in [7, 11) is 0. The molecule has 0 amide bonds. The fraction of sp³-hybridized carbons (Fsp3) is 0.0556. The van der Waals surface area contributed by atoms with Crippen LogP contribution in [0.25, 0.3) is 0 Å². The van der Waals surface area contributed by atoms with Gasteiger partial charge in [0.15, 0.2) is 0 Å². The van der Waals surface area contributed by atoms with Crippen LogP contribution in [0.5, 0.6) is 0 Å². The molecule has 0 bridgehead atoms. The Hall–Kier alpha value is -3.01. The average Bonchev–Trinajstić information content (AvgIpc) is 2.54. The number of hydrogen-bond acceptors (Lipinski definition) is 4. The molecule has 1 aromatic heterocycles. The van der Waals surface area contributed by atoms with Gasteiger partial charge in [0.2, 0.25) is 0 Å². The minimum atomic E-state index is 0.702. The van der Waals surface area contributed by atoms with Gasteiger partial charge in [-0.1, -0.05) is 18.2 Å². The van der Waals surface area contributed by atoms with Gasteiger partial charge in [-0.3, -0.25) is 0 Å². The zero-order valence-electron chi connectivity index (χ0n) is 12.4. The molecule has 4 N–H and O–H groups in total. The van der Waals surface area contributed by atoms with Crippen molar-refractivity contribution in [1.29, 1.82) is 0 Å². The van der Waals surface area contributed by atoms with Gasteiger partial charge >= 0.3 is 0 Å². The van der Waals surface area contributed by atoms with E-state index in [4.69, 9.17) is 5.73 Å². The van der Waals surface area contributed by atoms with Crippen molar-refractivity contribution < 1.29 is 0 Å². The normalized spacial score (nSPS) is 10.2. The van der Waals surface area contributed by atoms with E-state index in [1.54, 1.807) is 0 Å². The quantitative estimate of drug-likeness (QED) is 0.664. The lowest BCUT2D eigenvalue weighted by atomic mass is 10.2. The number of nitrogen functional groups attached to an aromatic ring is 1. The molecular weight excluding hydrogens is 272 g/mol. The van der Waals surface area contributed by atoms with Gasteiger partial charge in [-0.2, -0.15) is 0 Å².